The fourth-order valence-electron chi connectivity index (χ4n) is 1.45. The van der Waals surface area contributed by atoms with Gasteiger partial charge in [-0.25, -0.2) is 9.37 Å². The van der Waals surface area contributed by atoms with Crippen molar-refractivity contribution in [3.8, 4) is 10.6 Å². The molecule has 0 aliphatic heterocycles. The van der Waals surface area contributed by atoms with E-state index in [0.29, 0.717) is 5.02 Å². The number of hydrogen-bond acceptors (Lipinski definition) is 3. The van der Waals surface area contributed by atoms with E-state index in [2.05, 4.69) is 10.3 Å². The third-order valence-corrected chi connectivity index (χ3v) is 3.38. The zero-order valence-corrected chi connectivity index (χ0v) is 10.9. The average Bonchev–Trinajstić information content (AvgIpc) is 2.73. The first-order valence-electron chi connectivity index (χ1n) is 5.30. The van der Waals surface area contributed by atoms with E-state index in [9.17, 15) is 4.39 Å². The van der Waals surface area contributed by atoms with Crippen molar-refractivity contribution in [3.05, 3.63) is 40.1 Å². The molecule has 0 aliphatic rings. The van der Waals surface area contributed by atoms with Crippen LogP contribution < -0.4 is 5.32 Å². The highest BCUT2D eigenvalue weighted by atomic mass is 35.5. The molecular formula is C12H12ClFN2S. The highest BCUT2D eigenvalue weighted by molar-refractivity contribution is 7.13. The quantitative estimate of drug-likeness (QED) is 0.916. The van der Waals surface area contributed by atoms with Crippen molar-refractivity contribution >= 4 is 22.9 Å². The molecule has 0 radical (unpaired) electrons. The van der Waals surface area contributed by atoms with Gasteiger partial charge in [-0.05, 0) is 24.7 Å². The summed E-state index contributed by atoms with van der Waals surface area (Å²) in [4.78, 5) is 4.43. The Bertz CT molecular complexity index is 493. The number of nitrogens with one attached hydrogen (secondary N) is 1. The van der Waals surface area contributed by atoms with E-state index in [1.165, 1.54) is 23.5 Å². The second-order valence-corrected chi connectivity index (χ2v) is 4.88. The van der Waals surface area contributed by atoms with Crippen LogP contribution in [0.1, 0.15) is 12.6 Å². The molecular weight excluding hydrogens is 259 g/mol. The molecule has 90 valence electrons. The summed E-state index contributed by atoms with van der Waals surface area (Å²) in [6, 6.07) is 4.46. The summed E-state index contributed by atoms with van der Waals surface area (Å²) in [5.74, 6) is -0.337. The second-order valence-electron chi connectivity index (χ2n) is 3.58. The Morgan fingerprint density at radius 1 is 1.41 bits per heavy atom. The molecule has 2 nitrogen and oxygen atoms in total. The molecule has 17 heavy (non-hydrogen) atoms. The zero-order valence-electron chi connectivity index (χ0n) is 9.34. The Hall–Kier alpha value is -0.970. The van der Waals surface area contributed by atoms with Crippen LogP contribution in [-0.4, -0.2) is 11.5 Å². The summed E-state index contributed by atoms with van der Waals surface area (Å²) in [5.41, 5.74) is 1.69. The highest BCUT2D eigenvalue weighted by Gasteiger charge is 2.07. The van der Waals surface area contributed by atoms with Crippen LogP contribution in [0.3, 0.4) is 0 Å². The van der Waals surface area contributed by atoms with E-state index >= 15 is 0 Å². The maximum absolute atomic E-state index is 13.2. The topological polar surface area (TPSA) is 24.9 Å². The highest BCUT2D eigenvalue weighted by Crippen LogP contribution is 2.27. The molecule has 5 heteroatoms. The molecule has 0 aliphatic carbocycles. The molecule has 0 fully saturated rings. The first-order chi connectivity index (χ1) is 8.19. The number of nitrogens with zero attached hydrogens (tertiary/aromatic N) is 1. The largest absolute Gasteiger partial charge is 0.311 e. The molecule has 2 rings (SSSR count). The van der Waals surface area contributed by atoms with Gasteiger partial charge in [-0.3, -0.25) is 0 Å². The number of halogens is 2. The summed E-state index contributed by atoms with van der Waals surface area (Å²) in [5, 5.41) is 6.35. The first-order valence-corrected chi connectivity index (χ1v) is 6.56. The van der Waals surface area contributed by atoms with Crippen molar-refractivity contribution in [2.75, 3.05) is 6.54 Å². The fourth-order valence-corrected chi connectivity index (χ4v) is 2.48. The van der Waals surface area contributed by atoms with Crippen molar-refractivity contribution in [3.63, 3.8) is 0 Å². The van der Waals surface area contributed by atoms with Crippen molar-refractivity contribution in [1.82, 2.24) is 10.3 Å². The van der Waals surface area contributed by atoms with Crippen LogP contribution in [0.2, 0.25) is 5.02 Å². The molecule has 0 saturated heterocycles. The first kappa shape index (κ1) is 12.5. The van der Waals surface area contributed by atoms with E-state index in [-0.39, 0.29) is 5.82 Å². The Morgan fingerprint density at radius 2 is 2.24 bits per heavy atom. The van der Waals surface area contributed by atoms with Crippen molar-refractivity contribution in [2.45, 2.75) is 13.5 Å². The van der Waals surface area contributed by atoms with Gasteiger partial charge in [0.15, 0.2) is 0 Å². The zero-order chi connectivity index (χ0) is 12.3. The molecule has 1 heterocycles. The van der Waals surface area contributed by atoms with Gasteiger partial charge in [0, 0.05) is 22.5 Å². The Labute approximate surface area is 108 Å². The lowest BCUT2D eigenvalue weighted by Crippen LogP contribution is -2.11. The van der Waals surface area contributed by atoms with Gasteiger partial charge in [0.05, 0.1) is 5.69 Å². The van der Waals surface area contributed by atoms with Gasteiger partial charge in [-0.15, -0.1) is 11.3 Å². The molecule has 0 bridgehead atoms. The molecule has 0 saturated carbocycles. The Kier molecular flexibility index (Phi) is 4.10. The van der Waals surface area contributed by atoms with E-state index in [1.54, 1.807) is 6.07 Å². The van der Waals surface area contributed by atoms with Crippen LogP contribution in [0.4, 0.5) is 4.39 Å². The predicted octanol–water partition coefficient (Wildman–Crippen LogP) is 3.71. The monoisotopic (exact) mass is 270 g/mol. The average molecular weight is 271 g/mol. The lowest BCUT2D eigenvalue weighted by atomic mass is 10.2. The lowest BCUT2D eigenvalue weighted by molar-refractivity contribution is 0.628. The van der Waals surface area contributed by atoms with Crippen molar-refractivity contribution < 1.29 is 4.39 Å². The fraction of sp³-hybridized carbons (Fsp3) is 0.250. The molecule has 1 N–H and O–H groups in total. The minimum Gasteiger partial charge on any atom is -0.311 e. The van der Waals surface area contributed by atoms with Crippen LogP contribution in [0, 0.1) is 5.82 Å². The van der Waals surface area contributed by atoms with Gasteiger partial charge >= 0.3 is 0 Å². The molecule has 0 amide bonds. The minimum atomic E-state index is -0.337. The summed E-state index contributed by atoms with van der Waals surface area (Å²) < 4.78 is 13.2. The maximum atomic E-state index is 13.2. The number of benzene rings is 1. The third kappa shape index (κ3) is 3.25. The molecule has 1 aromatic heterocycles. The molecule has 1 aromatic carbocycles. The van der Waals surface area contributed by atoms with E-state index in [4.69, 9.17) is 11.6 Å². The van der Waals surface area contributed by atoms with Gasteiger partial charge in [-0.1, -0.05) is 18.5 Å². The Morgan fingerprint density at radius 3 is 2.94 bits per heavy atom. The van der Waals surface area contributed by atoms with Gasteiger partial charge < -0.3 is 5.32 Å². The summed E-state index contributed by atoms with van der Waals surface area (Å²) in [7, 11) is 0. The maximum Gasteiger partial charge on any atom is 0.125 e. The lowest BCUT2D eigenvalue weighted by Gasteiger charge is -1.99. The van der Waals surface area contributed by atoms with Gasteiger partial charge in [-0.2, -0.15) is 0 Å². The second kappa shape index (κ2) is 5.58. The van der Waals surface area contributed by atoms with Crippen LogP contribution in [0.5, 0.6) is 0 Å². The van der Waals surface area contributed by atoms with Gasteiger partial charge in [0.1, 0.15) is 10.8 Å². The van der Waals surface area contributed by atoms with Crippen molar-refractivity contribution in [2.24, 2.45) is 0 Å². The van der Waals surface area contributed by atoms with Gasteiger partial charge in [0.2, 0.25) is 0 Å². The van der Waals surface area contributed by atoms with Crippen LogP contribution in [0.25, 0.3) is 10.6 Å². The smallest absolute Gasteiger partial charge is 0.125 e. The Balaban J connectivity index is 2.24. The summed E-state index contributed by atoms with van der Waals surface area (Å²) in [6.45, 7) is 3.67. The van der Waals surface area contributed by atoms with Crippen LogP contribution in [-0.2, 0) is 6.54 Å². The number of hydrogen-bond donors (Lipinski definition) is 1. The molecule has 0 unspecified atom stereocenters. The normalized spacial score (nSPS) is 10.8. The summed E-state index contributed by atoms with van der Waals surface area (Å²) >= 11 is 7.31. The molecule has 2 aromatic rings. The summed E-state index contributed by atoms with van der Waals surface area (Å²) in [6.07, 6.45) is 0. The number of rotatable bonds is 4. The van der Waals surface area contributed by atoms with Crippen LogP contribution >= 0.6 is 22.9 Å². The number of aromatic nitrogens is 1. The minimum absolute atomic E-state index is 0.337. The van der Waals surface area contributed by atoms with Gasteiger partial charge in [0.25, 0.3) is 0 Å². The van der Waals surface area contributed by atoms with E-state index in [1.807, 2.05) is 12.3 Å². The standard InChI is InChI=1S/C12H12ClFN2S/c1-2-15-6-11-7-17-12(16-11)8-3-9(13)5-10(14)4-8/h3-5,7,15H,2,6H2,1H3. The third-order valence-electron chi connectivity index (χ3n) is 2.22. The molecule has 0 spiro atoms. The SMILES string of the molecule is CCNCc1csc(-c2cc(F)cc(Cl)c2)n1. The molecule has 0 atom stereocenters. The number of thiazole rings is 1. The van der Waals surface area contributed by atoms with Crippen LogP contribution in [0.15, 0.2) is 23.6 Å². The van der Waals surface area contributed by atoms with E-state index < -0.39 is 0 Å². The predicted molar refractivity (Wildman–Crippen MR) is 69.9 cm³/mol. The van der Waals surface area contributed by atoms with E-state index in [0.717, 1.165) is 29.4 Å². The van der Waals surface area contributed by atoms with Crippen molar-refractivity contribution in [1.29, 1.82) is 0 Å².